The summed E-state index contributed by atoms with van der Waals surface area (Å²) in [6.07, 6.45) is 3.98. The Balaban J connectivity index is 2.32. The largest absolute Gasteiger partial charge is 0.394 e. The molecule has 1 rings (SSSR count). The summed E-state index contributed by atoms with van der Waals surface area (Å²) in [4.78, 5) is 0. The van der Waals surface area contributed by atoms with E-state index in [0.29, 0.717) is 6.54 Å². The first-order valence-corrected chi connectivity index (χ1v) is 5.12. The van der Waals surface area contributed by atoms with Crippen molar-refractivity contribution in [1.82, 2.24) is 5.32 Å². The van der Waals surface area contributed by atoms with Crippen molar-refractivity contribution in [3.63, 3.8) is 0 Å². The fourth-order valence-electron chi connectivity index (χ4n) is 1.50. The van der Waals surface area contributed by atoms with Gasteiger partial charge in [0.1, 0.15) is 0 Å². The van der Waals surface area contributed by atoms with E-state index in [1.807, 2.05) is 13.8 Å². The Bertz CT molecular complexity index is 159. The molecule has 0 saturated heterocycles. The molecular formula is C10H21NO2. The molecule has 1 saturated carbocycles. The Kier molecular flexibility index (Phi) is 3.33. The maximum Gasteiger partial charge on any atom is 0.0741 e. The molecule has 0 radical (unpaired) electrons. The summed E-state index contributed by atoms with van der Waals surface area (Å²) in [5.74, 6) is 0. The molecule has 0 aliphatic heterocycles. The molecule has 1 atom stereocenters. The van der Waals surface area contributed by atoms with E-state index in [0.717, 1.165) is 19.3 Å². The van der Waals surface area contributed by atoms with E-state index in [4.69, 9.17) is 5.11 Å². The third kappa shape index (κ3) is 2.66. The van der Waals surface area contributed by atoms with Gasteiger partial charge in [0, 0.05) is 12.1 Å². The number of hydrogen-bond acceptors (Lipinski definition) is 3. The van der Waals surface area contributed by atoms with Crippen LogP contribution in [0.3, 0.4) is 0 Å². The van der Waals surface area contributed by atoms with E-state index < -0.39 is 5.60 Å². The maximum atomic E-state index is 9.76. The average molecular weight is 187 g/mol. The Morgan fingerprint density at radius 3 is 2.38 bits per heavy atom. The van der Waals surface area contributed by atoms with Crippen LogP contribution in [0, 0.1) is 0 Å². The van der Waals surface area contributed by atoms with E-state index in [9.17, 15) is 5.11 Å². The summed E-state index contributed by atoms with van der Waals surface area (Å²) >= 11 is 0. The van der Waals surface area contributed by atoms with E-state index >= 15 is 0 Å². The van der Waals surface area contributed by atoms with Gasteiger partial charge >= 0.3 is 0 Å². The van der Waals surface area contributed by atoms with Crippen molar-refractivity contribution in [2.45, 2.75) is 50.7 Å². The number of rotatable bonds is 5. The normalized spacial score (nSPS) is 24.9. The Morgan fingerprint density at radius 1 is 1.46 bits per heavy atom. The highest BCUT2D eigenvalue weighted by atomic mass is 16.3. The first kappa shape index (κ1) is 11.0. The third-order valence-corrected chi connectivity index (χ3v) is 3.22. The zero-order chi connectivity index (χ0) is 9.95. The summed E-state index contributed by atoms with van der Waals surface area (Å²) in [5, 5.41) is 22.2. The summed E-state index contributed by atoms with van der Waals surface area (Å²) in [5.41, 5.74) is -0.725. The molecule has 3 heteroatoms. The first-order valence-electron chi connectivity index (χ1n) is 5.12. The van der Waals surface area contributed by atoms with Crippen LogP contribution in [-0.2, 0) is 0 Å². The minimum absolute atomic E-state index is 0.0842. The molecule has 0 aromatic carbocycles. The zero-order valence-corrected chi connectivity index (χ0v) is 8.64. The van der Waals surface area contributed by atoms with Gasteiger partial charge in [-0.15, -0.1) is 0 Å². The molecule has 1 aliphatic carbocycles. The van der Waals surface area contributed by atoms with Crippen LogP contribution in [0.4, 0.5) is 0 Å². The molecule has 3 N–H and O–H groups in total. The van der Waals surface area contributed by atoms with Gasteiger partial charge < -0.3 is 15.5 Å². The minimum atomic E-state index is -0.641. The Hall–Kier alpha value is -0.120. The molecule has 1 fully saturated rings. The highest BCUT2D eigenvalue weighted by molar-refractivity contribution is 4.96. The van der Waals surface area contributed by atoms with Crippen LogP contribution in [0.15, 0.2) is 0 Å². The van der Waals surface area contributed by atoms with Gasteiger partial charge in [0.15, 0.2) is 0 Å². The van der Waals surface area contributed by atoms with E-state index in [1.165, 1.54) is 6.42 Å². The predicted molar refractivity (Wildman–Crippen MR) is 52.6 cm³/mol. The van der Waals surface area contributed by atoms with Crippen molar-refractivity contribution >= 4 is 0 Å². The molecule has 0 spiro atoms. The van der Waals surface area contributed by atoms with Gasteiger partial charge in [0.25, 0.3) is 0 Å². The van der Waals surface area contributed by atoms with Crippen molar-refractivity contribution in [2.24, 2.45) is 0 Å². The summed E-state index contributed by atoms with van der Waals surface area (Å²) in [7, 11) is 0. The summed E-state index contributed by atoms with van der Waals surface area (Å²) < 4.78 is 0. The van der Waals surface area contributed by atoms with E-state index in [1.54, 1.807) is 0 Å². The molecule has 78 valence electrons. The van der Waals surface area contributed by atoms with E-state index in [2.05, 4.69) is 5.32 Å². The van der Waals surface area contributed by atoms with Crippen LogP contribution in [-0.4, -0.2) is 34.5 Å². The Labute approximate surface area is 80.2 Å². The standard InChI is InChI=1S/C10H21NO2/c1-3-9(2,13)7-11-10(8-12)5-4-6-10/h11-13H,3-8H2,1-2H3. The smallest absolute Gasteiger partial charge is 0.0741 e. The summed E-state index contributed by atoms with van der Waals surface area (Å²) in [6.45, 7) is 4.55. The van der Waals surface area contributed by atoms with Gasteiger partial charge in [0.2, 0.25) is 0 Å². The van der Waals surface area contributed by atoms with Crippen molar-refractivity contribution in [3.05, 3.63) is 0 Å². The highest BCUT2D eigenvalue weighted by Crippen LogP contribution is 2.31. The molecule has 0 amide bonds. The van der Waals surface area contributed by atoms with Crippen molar-refractivity contribution in [2.75, 3.05) is 13.2 Å². The third-order valence-electron chi connectivity index (χ3n) is 3.22. The SMILES string of the molecule is CCC(C)(O)CNC1(CO)CCC1. The molecule has 0 aromatic heterocycles. The average Bonchev–Trinajstić information content (AvgIpc) is 2.03. The van der Waals surface area contributed by atoms with Gasteiger partial charge in [-0.3, -0.25) is 0 Å². The van der Waals surface area contributed by atoms with Gasteiger partial charge in [-0.05, 0) is 32.6 Å². The lowest BCUT2D eigenvalue weighted by Gasteiger charge is -2.43. The van der Waals surface area contributed by atoms with Crippen LogP contribution in [0.2, 0.25) is 0 Å². The number of aliphatic hydroxyl groups excluding tert-OH is 1. The number of β-amino-alcohol motifs (C(OH)–C–C–N with tert-alkyl or cyclic N) is 1. The fraction of sp³-hybridized carbons (Fsp3) is 1.00. The second-order valence-corrected chi connectivity index (χ2v) is 4.50. The van der Waals surface area contributed by atoms with Gasteiger partial charge in [-0.1, -0.05) is 6.92 Å². The van der Waals surface area contributed by atoms with Crippen LogP contribution in [0.1, 0.15) is 39.5 Å². The van der Waals surface area contributed by atoms with Gasteiger partial charge in [-0.2, -0.15) is 0 Å². The van der Waals surface area contributed by atoms with E-state index in [-0.39, 0.29) is 12.1 Å². The predicted octanol–water partition coefficient (Wildman–Crippen LogP) is 0.652. The molecule has 1 aliphatic rings. The lowest BCUT2D eigenvalue weighted by atomic mass is 9.77. The first-order chi connectivity index (χ1) is 6.04. The molecule has 13 heavy (non-hydrogen) atoms. The highest BCUT2D eigenvalue weighted by Gasteiger charge is 2.37. The summed E-state index contributed by atoms with van der Waals surface area (Å²) in [6, 6.07) is 0. The van der Waals surface area contributed by atoms with Gasteiger partial charge in [-0.25, -0.2) is 0 Å². The van der Waals surface area contributed by atoms with Crippen molar-refractivity contribution in [3.8, 4) is 0 Å². The number of hydrogen-bond donors (Lipinski definition) is 3. The lowest BCUT2D eigenvalue weighted by molar-refractivity contribution is 0.0206. The van der Waals surface area contributed by atoms with Gasteiger partial charge in [0.05, 0.1) is 12.2 Å². The quantitative estimate of drug-likeness (QED) is 0.592. The second-order valence-electron chi connectivity index (χ2n) is 4.50. The van der Waals surface area contributed by atoms with Crippen LogP contribution in [0.25, 0.3) is 0 Å². The number of nitrogens with one attached hydrogen (secondary N) is 1. The molecule has 0 heterocycles. The molecule has 0 aromatic rings. The maximum absolute atomic E-state index is 9.76. The second kappa shape index (κ2) is 3.95. The van der Waals surface area contributed by atoms with Crippen molar-refractivity contribution in [1.29, 1.82) is 0 Å². The minimum Gasteiger partial charge on any atom is -0.394 e. The number of aliphatic hydroxyl groups is 2. The monoisotopic (exact) mass is 187 g/mol. The topological polar surface area (TPSA) is 52.5 Å². The molecule has 3 nitrogen and oxygen atoms in total. The lowest BCUT2D eigenvalue weighted by Crippen LogP contribution is -2.57. The fourth-order valence-corrected chi connectivity index (χ4v) is 1.50. The van der Waals surface area contributed by atoms with Crippen LogP contribution >= 0.6 is 0 Å². The van der Waals surface area contributed by atoms with Crippen LogP contribution < -0.4 is 5.32 Å². The molecule has 0 bridgehead atoms. The Morgan fingerprint density at radius 2 is 2.08 bits per heavy atom. The molecule has 1 unspecified atom stereocenters. The zero-order valence-electron chi connectivity index (χ0n) is 8.64. The van der Waals surface area contributed by atoms with Crippen LogP contribution in [0.5, 0.6) is 0 Å². The molecular weight excluding hydrogens is 166 g/mol. The van der Waals surface area contributed by atoms with Crippen molar-refractivity contribution < 1.29 is 10.2 Å².